The molecule has 1 fully saturated rings. The molecule has 0 atom stereocenters. The molecule has 1 saturated heterocycles. The molecule has 0 saturated carbocycles. The van der Waals surface area contributed by atoms with Crippen molar-refractivity contribution in [1.29, 1.82) is 0 Å². The Morgan fingerprint density at radius 3 is 3.28 bits per heavy atom. The molecule has 0 radical (unpaired) electrons. The van der Waals surface area contributed by atoms with E-state index >= 15 is 0 Å². The van der Waals surface area contributed by atoms with Crippen LogP contribution in [-0.4, -0.2) is 42.6 Å². The third-order valence-electron chi connectivity index (χ3n) is 3.55. The van der Waals surface area contributed by atoms with Gasteiger partial charge in [-0.25, -0.2) is 4.98 Å². The average molecular weight is 245 g/mol. The van der Waals surface area contributed by atoms with E-state index in [-0.39, 0.29) is 0 Å². The fourth-order valence-electron chi connectivity index (χ4n) is 2.47. The van der Waals surface area contributed by atoms with Crippen molar-refractivity contribution in [2.75, 3.05) is 32.7 Å². The number of nitrogens with zero attached hydrogens (tertiary/aromatic N) is 2. The lowest BCUT2D eigenvalue weighted by Gasteiger charge is -2.19. The highest BCUT2D eigenvalue weighted by molar-refractivity contribution is 5.72. The average Bonchev–Trinajstić information content (AvgIpc) is 2.70. The van der Waals surface area contributed by atoms with E-state index in [1.54, 1.807) is 0 Å². The van der Waals surface area contributed by atoms with Gasteiger partial charge in [-0.05, 0) is 43.6 Å². The molecule has 1 aliphatic rings. The zero-order valence-corrected chi connectivity index (χ0v) is 10.6. The first kappa shape index (κ1) is 11.7. The molecular formula is C14H19N3O. The molecule has 18 heavy (non-hydrogen) atoms. The molecule has 4 nitrogen and oxygen atoms in total. The monoisotopic (exact) mass is 245 g/mol. The van der Waals surface area contributed by atoms with Crippen LogP contribution in [0, 0.1) is 0 Å². The minimum absolute atomic E-state index is 0.894. The fraction of sp³-hybridized carbons (Fsp3) is 0.500. The Balaban J connectivity index is 1.61. The largest absolute Gasteiger partial charge is 0.443 e. The summed E-state index contributed by atoms with van der Waals surface area (Å²) < 4.78 is 5.34. The van der Waals surface area contributed by atoms with Crippen LogP contribution in [0.4, 0.5) is 0 Å². The van der Waals surface area contributed by atoms with Gasteiger partial charge in [0.1, 0.15) is 5.52 Å². The van der Waals surface area contributed by atoms with Gasteiger partial charge >= 0.3 is 0 Å². The van der Waals surface area contributed by atoms with E-state index in [2.05, 4.69) is 27.3 Å². The fourth-order valence-corrected chi connectivity index (χ4v) is 2.47. The SMILES string of the molecule is c1nc2ccc(CCN3CCCNCC3)cc2o1. The van der Waals surface area contributed by atoms with Crippen molar-refractivity contribution < 1.29 is 4.42 Å². The van der Waals surface area contributed by atoms with Crippen molar-refractivity contribution in [3.8, 4) is 0 Å². The number of rotatable bonds is 3. The van der Waals surface area contributed by atoms with Gasteiger partial charge in [-0.15, -0.1) is 0 Å². The molecule has 4 heteroatoms. The van der Waals surface area contributed by atoms with E-state index in [0.29, 0.717) is 0 Å². The van der Waals surface area contributed by atoms with Crippen molar-refractivity contribution in [3.63, 3.8) is 0 Å². The van der Waals surface area contributed by atoms with Gasteiger partial charge in [-0.1, -0.05) is 6.07 Å². The number of benzene rings is 1. The van der Waals surface area contributed by atoms with Crippen molar-refractivity contribution >= 4 is 11.1 Å². The number of oxazole rings is 1. The van der Waals surface area contributed by atoms with Crippen LogP contribution in [0.25, 0.3) is 11.1 Å². The quantitative estimate of drug-likeness (QED) is 0.893. The number of aromatic nitrogens is 1. The minimum Gasteiger partial charge on any atom is -0.443 e. The van der Waals surface area contributed by atoms with E-state index in [4.69, 9.17) is 4.42 Å². The van der Waals surface area contributed by atoms with Crippen LogP contribution in [0.1, 0.15) is 12.0 Å². The van der Waals surface area contributed by atoms with Crippen LogP contribution < -0.4 is 5.32 Å². The van der Waals surface area contributed by atoms with E-state index in [0.717, 1.165) is 43.7 Å². The van der Waals surface area contributed by atoms with Gasteiger partial charge in [0.15, 0.2) is 12.0 Å². The maximum atomic E-state index is 5.34. The standard InChI is InChI=1S/C14H19N3O/c1-5-15-6-9-17(7-1)8-4-12-2-3-13-14(10-12)18-11-16-13/h2-3,10-11,15H,1,4-9H2. The highest BCUT2D eigenvalue weighted by Crippen LogP contribution is 2.15. The summed E-state index contributed by atoms with van der Waals surface area (Å²) in [7, 11) is 0. The van der Waals surface area contributed by atoms with Gasteiger partial charge in [-0.3, -0.25) is 0 Å². The molecule has 1 aromatic heterocycles. The molecular weight excluding hydrogens is 226 g/mol. The molecule has 1 N–H and O–H groups in total. The second kappa shape index (κ2) is 5.50. The van der Waals surface area contributed by atoms with E-state index in [1.165, 1.54) is 24.9 Å². The van der Waals surface area contributed by atoms with Gasteiger partial charge < -0.3 is 14.6 Å². The van der Waals surface area contributed by atoms with Gasteiger partial charge in [0.25, 0.3) is 0 Å². The maximum Gasteiger partial charge on any atom is 0.181 e. The topological polar surface area (TPSA) is 41.3 Å². The van der Waals surface area contributed by atoms with Crippen molar-refractivity contribution in [3.05, 3.63) is 30.2 Å². The molecule has 2 aromatic rings. The van der Waals surface area contributed by atoms with E-state index in [1.807, 2.05) is 6.07 Å². The Morgan fingerprint density at radius 1 is 1.28 bits per heavy atom. The van der Waals surface area contributed by atoms with Crippen LogP contribution in [0.3, 0.4) is 0 Å². The lowest BCUT2D eigenvalue weighted by atomic mass is 10.1. The van der Waals surface area contributed by atoms with Crippen LogP contribution in [0.15, 0.2) is 29.0 Å². The first-order chi connectivity index (χ1) is 8.92. The van der Waals surface area contributed by atoms with E-state index in [9.17, 15) is 0 Å². The lowest BCUT2D eigenvalue weighted by Crippen LogP contribution is -2.30. The summed E-state index contributed by atoms with van der Waals surface area (Å²) in [4.78, 5) is 6.67. The zero-order chi connectivity index (χ0) is 12.2. The minimum atomic E-state index is 0.894. The Hall–Kier alpha value is -1.39. The van der Waals surface area contributed by atoms with Crippen molar-refractivity contribution in [2.24, 2.45) is 0 Å². The van der Waals surface area contributed by atoms with Gasteiger partial charge in [-0.2, -0.15) is 0 Å². The number of hydrogen-bond donors (Lipinski definition) is 1. The second-order valence-corrected chi connectivity index (χ2v) is 4.85. The lowest BCUT2D eigenvalue weighted by molar-refractivity contribution is 0.296. The molecule has 0 bridgehead atoms. The highest BCUT2D eigenvalue weighted by Gasteiger charge is 2.08. The Morgan fingerprint density at radius 2 is 2.28 bits per heavy atom. The smallest absolute Gasteiger partial charge is 0.181 e. The normalized spacial score (nSPS) is 18.0. The molecule has 3 rings (SSSR count). The molecule has 96 valence electrons. The van der Waals surface area contributed by atoms with Crippen LogP contribution >= 0.6 is 0 Å². The number of hydrogen-bond acceptors (Lipinski definition) is 4. The maximum absolute atomic E-state index is 5.34. The third kappa shape index (κ3) is 2.71. The molecule has 0 aliphatic carbocycles. The number of fused-ring (bicyclic) bond motifs is 1. The summed E-state index contributed by atoms with van der Waals surface area (Å²) in [5.74, 6) is 0. The third-order valence-corrected chi connectivity index (χ3v) is 3.55. The summed E-state index contributed by atoms with van der Waals surface area (Å²) in [5.41, 5.74) is 3.17. The van der Waals surface area contributed by atoms with Gasteiger partial charge in [0, 0.05) is 19.6 Å². The Kier molecular flexibility index (Phi) is 3.57. The first-order valence-electron chi connectivity index (χ1n) is 6.67. The van der Waals surface area contributed by atoms with Gasteiger partial charge in [0.2, 0.25) is 0 Å². The van der Waals surface area contributed by atoms with Crippen LogP contribution in [0.5, 0.6) is 0 Å². The van der Waals surface area contributed by atoms with Crippen LogP contribution in [0.2, 0.25) is 0 Å². The summed E-state index contributed by atoms with van der Waals surface area (Å²) in [6.45, 7) is 5.76. The molecule has 0 unspecified atom stereocenters. The predicted octanol–water partition coefficient (Wildman–Crippen LogP) is 1.67. The summed E-state index contributed by atoms with van der Waals surface area (Å²) in [5, 5.41) is 3.43. The summed E-state index contributed by atoms with van der Waals surface area (Å²) >= 11 is 0. The van der Waals surface area contributed by atoms with Crippen LogP contribution in [-0.2, 0) is 6.42 Å². The van der Waals surface area contributed by atoms with Crippen molar-refractivity contribution in [2.45, 2.75) is 12.8 Å². The van der Waals surface area contributed by atoms with Crippen molar-refractivity contribution in [1.82, 2.24) is 15.2 Å². The Labute approximate surface area is 107 Å². The highest BCUT2D eigenvalue weighted by atomic mass is 16.3. The summed E-state index contributed by atoms with van der Waals surface area (Å²) in [6.07, 6.45) is 3.84. The first-order valence-corrected chi connectivity index (χ1v) is 6.67. The number of nitrogens with one attached hydrogen (secondary N) is 1. The summed E-state index contributed by atoms with van der Waals surface area (Å²) in [6, 6.07) is 6.30. The molecule has 1 aromatic carbocycles. The molecule has 2 heterocycles. The second-order valence-electron chi connectivity index (χ2n) is 4.85. The molecule has 0 amide bonds. The Bertz CT molecular complexity index is 500. The predicted molar refractivity (Wildman–Crippen MR) is 71.6 cm³/mol. The molecule has 1 aliphatic heterocycles. The van der Waals surface area contributed by atoms with Gasteiger partial charge in [0.05, 0.1) is 0 Å². The zero-order valence-electron chi connectivity index (χ0n) is 10.6. The molecule has 0 spiro atoms. The van der Waals surface area contributed by atoms with E-state index < -0.39 is 0 Å².